The monoisotopic (exact) mass is 227 g/mol. The van der Waals surface area contributed by atoms with E-state index in [1.165, 1.54) is 18.4 Å². The average Bonchev–Trinajstić information content (AvgIpc) is 2.90. The number of benzene rings is 1. The van der Waals surface area contributed by atoms with Crippen LogP contribution in [0.15, 0.2) is 42.7 Å². The molecule has 1 aliphatic heterocycles. The molecule has 1 atom stereocenters. The van der Waals surface area contributed by atoms with Gasteiger partial charge in [0.05, 0.1) is 0 Å². The highest BCUT2D eigenvalue weighted by molar-refractivity contribution is 5.55. The van der Waals surface area contributed by atoms with Crippen LogP contribution in [-0.2, 0) is 0 Å². The van der Waals surface area contributed by atoms with Crippen molar-refractivity contribution in [3.63, 3.8) is 0 Å². The maximum atomic E-state index is 4.50. The van der Waals surface area contributed by atoms with Gasteiger partial charge in [-0.2, -0.15) is 0 Å². The molecule has 0 saturated carbocycles. The molecule has 1 N–H and O–H groups in total. The van der Waals surface area contributed by atoms with Crippen LogP contribution in [0, 0.1) is 0 Å². The van der Waals surface area contributed by atoms with Crippen LogP contribution in [-0.4, -0.2) is 22.6 Å². The number of piperidine rings is 1. The third-order valence-electron chi connectivity index (χ3n) is 3.36. The first-order chi connectivity index (χ1) is 8.45. The van der Waals surface area contributed by atoms with Gasteiger partial charge in [-0.05, 0) is 19.4 Å². The van der Waals surface area contributed by atoms with E-state index in [0.29, 0.717) is 6.04 Å². The molecule has 1 fully saturated rings. The molecule has 2 heterocycles. The number of aromatic nitrogens is 2. The average molecular weight is 227 g/mol. The van der Waals surface area contributed by atoms with Gasteiger partial charge in [0.2, 0.25) is 0 Å². The largest absolute Gasteiger partial charge is 0.327 e. The number of nitrogens with zero attached hydrogens (tertiary/aromatic N) is 2. The second kappa shape index (κ2) is 4.72. The van der Waals surface area contributed by atoms with E-state index in [9.17, 15) is 0 Å². The molecular weight excluding hydrogens is 210 g/mol. The summed E-state index contributed by atoms with van der Waals surface area (Å²) in [6.45, 7) is 2.20. The lowest BCUT2D eigenvalue weighted by Gasteiger charge is -2.25. The Morgan fingerprint density at radius 1 is 1.24 bits per heavy atom. The number of hydrogen-bond donors (Lipinski definition) is 1. The van der Waals surface area contributed by atoms with Crippen LogP contribution in [0.25, 0.3) is 11.4 Å². The predicted octanol–water partition coefficient (Wildman–Crippen LogP) is 2.47. The molecule has 3 heteroatoms. The number of hydrogen-bond acceptors (Lipinski definition) is 2. The molecule has 17 heavy (non-hydrogen) atoms. The molecule has 0 aliphatic carbocycles. The quantitative estimate of drug-likeness (QED) is 0.854. The summed E-state index contributed by atoms with van der Waals surface area (Å²) in [4.78, 5) is 4.50. The summed E-state index contributed by atoms with van der Waals surface area (Å²) in [5.74, 6) is 1.08. The normalized spacial score (nSPS) is 20.4. The molecule has 0 bridgehead atoms. The van der Waals surface area contributed by atoms with Gasteiger partial charge >= 0.3 is 0 Å². The molecule has 3 nitrogen and oxygen atoms in total. The zero-order valence-electron chi connectivity index (χ0n) is 9.84. The first-order valence-electron chi connectivity index (χ1n) is 6.24. The van der Waals surface area contributed by atoms with Crippen molar-refractivity contribution in [3.05, 3.63) is 42.7 Å². The van der Waals surface area contributed by atoms with Crippen molar-refractivity contribution in [3.8, 4) is 11.4 Å². The lowest BCUT2D eigenvalue weighted by molar-refractivity contribution is 0.374. The highest BCUT2D eigenvalue weighted by Crippen LogP contribution is 2.24. The molecule has 3 rings (SSSR count). The fourth-order valence-corrected chi connectivity index (χ4v) is 2.49. The van der Waals surface area contributed by atoms with Gasteiger partial charge in [-0.1, -0.05) is 30.3 Å². The van der Waals surface area contributed by atoms with Crippen LogP contribution in [0.1, 0.15) is 18.9 Å². The lowest BCUT2D eigenvalue weighted by atomic mass is 10.1. The van der Waals surface area contributed by atoms with Crippen molar-refractivity contribution in [1.82, 2.24) is 14.9 Å². The van der Waals surface area contributed by atoms with E-state index >= 15 is 0 Å². The Labute approximate surface area is 101 Å². The minimum Gasteiger partial charge on any atom is -0.327 e. The minimum absolute atomic E-state index is 0.543. The Balaban J connectivity index is 1.93. The van der Waals surface area contributed by atoms with Crippen LogP contribution in [0.4, 0.5) is 0 Å². The second-order valence-electron chi connectivity index (χ2n) is 4.52. The van der Waals surface area contributed by atoms with E-state index in [0.717, 1.165) is 18.9 Å². The Bertz CT molecular complexity index is 469. The van der Waals surface area contributed by atoms with E-state index < -0.39 is 0 Å². The van der Waals surface area contributed by atoms with Gasteiger partial charge in [0.25, 0.3) is 0 Å². The van der Waals surface area contributed by atoms with Crippen molar-refractivity contribution in [1.29, 1.82) is 0 Å². The van der Waals surface area contributed by atoms with E-state index in [2.05, 4.69) is 45.3 Å². The minimum atomic E-state index is 0.543. The summed E-state index contributed by atoms with van der Waals surface area (Å²) >= 11 is 0. The van der Waals surface area contributed by atoms with Crippen molar-refractivity contribution >= 4 is 0 Å². The summed E-state index contributed by atoms with van der Waals surface area (Å²) in [5.41, 5.74) is 1.20. The summed E-state index contributed by atoms with van der Waals surface area (Å²) < 4.78 is 2.31. The molecule has 1 saturated heterocycles. The molecular formula is C14H17N3. The molecule has 1 aliphatic rings. The van der Waals surface area contributed by atoms with Crippen molar-refractivity contribution < 1.29 is 0 Å². The number of imidazole rings is 1. The molecule has 1 unspecified atom stereocenters. The Kier molecular flexibility index (Phi) is 2.92. The highest BCUT2D eigenvalue weighted by atomic mass is 15.1. The van der Waals surface area contributed by atoms with Gasteiger partial charge in [-0.25, -0.2) is 4.98 Å². The number of rotatable bonds is 2. The zero-order chi connectivity index (χ0) is 11.5. The predicted molar refractivity (Wildman–Crippen MR) is 68.8 cm³/mol. The van der Waals surface area contributed by atoms with Crippen LogP contribution in [0.3, 0.4) is 0 Å². The van der Waals surface area contributed by atoms with Crippen molar-refractivity contribution in [2.75, 3.05) is 13.1 Å². The summed E-state index contributed by atoms with van der Waals surface area (Å²) in [7, 11) is 0. The van der Waals surface area contributed by atoms with E-state index in [1.54, 1.807) is 0 Å². The molecule has 1 aromatic heterocycles. The maximum absolute atomic E-state index is 4.50. The maximum Gasteiger partial charge on any atom is 0.140 e. The first kappa shape index (κ1) is 10.5. The number of nitrogens with one attached hydrogen (secondary N) is 1. The summed E-state index contributed by atoms with van der Waals surface area (Å²) in [5, 5.41) is 3.45. The van der Waals surface area contributed by atoms with Gasteiger partial charge in [0, 0.05) is 30.5 Å². The highest BCUT2D eigenvalue weighted by Gasteiger charge is 2.17. The Morgan fingerprint density at radius 2 is 2.12 bits per heavy atom. The van der Waals surface area contributed by atoms with E-state index in [4.69, 9.17) is 0 Å². The molecule has 0 amide bonds. The Hall–Kier alpha value is -1.61. The van der Waals surface area contributed by atoms with Gasteiger partial charge < -0.3 is 9.88 Å². The summed E-state index contributed by atoms with van der Waals surface area (Å²) in [6.07, 6.45) is 6.48. The van der Waals surface area contributed by atoms with E-state index in [1.807, 2.05) is 12.3 Å². The van der Waals surface area contributed by atoms with Crippen molar-refractivity contribution in [2.24, 2.45) is 0 Å². The Morgan fingerprint density at radius 3 is 2.88 bits per heavy atom. The SMILES string of the molecule is c1ccc(-c2nccn2C2CCCNC2)cc1. The topological polar surface area (TPSA) is 29.9 Å². The molecule has 0 spiro atoms. The van der Waals surface area contributed by atoms with Gasteiger partial charge in [0.15, 0.2) is 0 Å². The second-order valence-corrected chi connectivity index (χ2v) is 4.52. The molecule has 0 radical (unpaired) electrons. The molecule has 1 aromatic carbocycles. The van der Waals surface area contributed by atoms with Gasteiger partial charge in [-0.15, -0.1) is 0 Å². The zero-order valence-corrected chi connectivity index (χ0v) is 9.84. The summed E-state index contributed by atoms with van der Waals surface area (Å²) in [6, 6.07) is 10.9. The molecule has 88 valence electrons. The smallest absolute Gasteiger partial charge is 0.140 e. The van der Waals surface area contributed by atoms with Crippen LogP contribution in [0.5, 0.6) is 0 Å². The fraction of sp³-hybridized carbons (Fsp3) is 0.357. The fourth-order valence-electron chi connectivity index (χ4n) is 2.49. The first-order valence-corrected chi connectivity index (χ1v) is 6.24. The van der Waals surface area contributed by atoms with E-state index in [-0.39, 0.29) is 0 Å². The lowest BCUT2D eigenvalue weighted by Crippen LogP contribution is -2.31. The third-order valence-corrected chi connectivity index (χ3v) is 3.36. The van der Waals surface area contributed by atoms with Crippen LogP contribution < -0.4 is 5.32 Å². The van der Waals surface area contributed by atoms with Gasteiger partial charge in [0.1, 0.15) is 5.82 Å². The van der Waals surface area contributed by atoms with Crippen LogP contribution in [0.2, 0.25) is 0 Å². The van der Waals surface area contributed by atoms with Crippen molar-refractivity contribution in [2.45, 2.75) is 18.9 Å². The van der Waals surface area contributed by atoms with Crippen LogP contribution >= 0.6 is 0 Å². The standard InChI is InChI=1S/C14H17N3/c1-2-5-12(6-3-1)14-16-9-10-17(14)13-7-4-8-15-11-13/h1-3,5-6,9-10,13,15H,4,7-8,11H2. The van der Waals surface area contributed by atoms with Gasteiger partial charge in [-0.3, -0.25) is 0 Å². The molecule has 2 aromatic rings. The third kappa shape index (κ3) is 2.11.